The molecule has 7 heteroatoms. The van der Waals surface area contributed by atoms with E-state index in [2.05, 4.69) is 11.0 Å². The highest BCUT2D eigenvalue weighted by molar-refractivity contribution is 6.35. The lowest BCUT2D eigenvalue weighted by atomic mass is 10.1. The number of hydrogen-bond donors (Lipinski definition) is 1. The van der Waals surface area contributed by atoms with Gasteiger partial charge in [0.1, 0.15) is 5.60 Å². The largest absolute Gasteiger partial charge is 0.444 e. The summed E-state index contributed by atoms with van der Waals surface area (Å²) in [5, 5.41) is 9.64. The Morgan fingerprint density at radius 3 is 2.44 bits per heavy atom. The number of halogens is 1. The molecule has 2 atom stereocenters. The van der Waals surface area contributed by atoms with Crippen LogP contribution in [0.4, 0.5) is 16.2 Å². The van der Waals surface area contributed by atoms with Gasteiger partial charge in [-0.15, -0.1) is 0 Å². The lowest BCUT2D eigenvalue weighted by Crippen LogP contribution is -2.56. The summed E-state index contributed by atoms with van der Waals surface area (Å²) < 4.78 is 5.56. The minimum absolute atomic E-state index is 0.0802. The fraction of sp³-hybridized carbons (Fsp3) is 0.556. The molecule has 6 nitrogen and oxygen atoms in total. The first kappa shape index (κ1) is 17.7. The summed E-state index contributed by atoms with van der Waals surface area (Å²) in [6.07, 6.45) is 1.62. The summed E-state index contributed by atoms with van der Waals surface area (Å²) in [6.45, 7) is 6.94. The number of piperazine rings is 1. The van der Waals surface area contributed by atoms with E-state index < -0.39 is 5.60 Å². The average Bonchev–Trinajstić information content (AvgIpc) is 2.79. The number of amides is 1. The Labute approximate surface area is 153 Å². The quantitative estimate of drug-likeness (QED) is 0.774. The maximum absolute atomic E-state index is 12.5. The van der Waals surface area contributed by atoms with Crippen molar-refractivity contribution in [2.24, 2.45) is 0 Å². The van der Waals surface area contributed by atoms with Crippen molar-refractivity contribution in [3.05, 3.63) is 22.7 Å². The van der Waals surface area contributed by atoms with Crippen LogP contribution in [-0.4, -0.2) is 41.8 Å². The maximum atomic E-state index is 12.5. The molecule has 3 rings (SSSR count). The Balaban J connectivity index is 1.82. The van der Waals surface area contributed by atoms with E-state index >= 15 is 0 Å². The van der Waals surface area contributed by atoms with Gasteiger partial charge in [0.15, 0.2) is 0 Å². The van der Waals surface area contributed by atoms with Gasteiger partial charge in [0.25, 0.3) is 0 Å². The van der Waals surface area contributed by atoms with E-state index in [1.54, 1.807) is 12.1 Å². The van der Waals surface area contributed by atoms with Gasteiger partial charge in [0.2, 0.25) is 0 Å². The zero-order chi connectivity index (χ0) is 18.4. The smallest absolute Gasteiger partial charge is 0.410 e. The first-order chi connectivity index (χ1) is 11.7. The molecule has 0 aliphatic carbocycles. The highest BCUT2D eigenvalue weighted by atomic mass is 35.5. The first-order valence-electron chi connectivity index (χ1n) is 8.45. The Morgan fingerprint density at radius 1 is 1.32 bits per heavy atom. The zero-order valence-corrected chi connectivity index (χ0v) is 15.5. The number of carbonyl (C=O) groups is 1. The highest BCUT2D eigenvalue weighted by Crippen LogP contribution is 2.38. The second kappa shape index (κ2) is 6.30. The Morgan fingerprint density at radius 2 is 1.92 bits per heavy atom. The minimum atomic E-state index is -0.507. The summed E-state index contributed by atoms with van der Waals surface area (Å²) in [5.41, 5.74) is 7.08. The van der Waals surface area contributed by atoms with Crippen LogP contribution < -0.4 is 10.6 Å². The van der Waals surface area contributed by atoms with Crippen LogP contribution >= 0.6 is 11.6 Å². The number of hydrogen-bond acceptors (Lipinski definition) is 5. The molecule has 2 aliphatic heterocycles. The fourth-order valence-corrected chi connectivity index (χ4v) is 3.87. The number of nitrogens with zero attached hydrogens (tertiary/aromatic N) is 3. The number of carbonyl (C=O) groups excluding carboxylic acids is 1. The average molecular weight is 363 g/mol. The van der Waals surface area contributed by atoms with Gasteiger partial charge in [-0.25, -0.2) is 4.79 Å². The van der Waals surface area contributed by atoms with Crippen molar-refractivity contribution in [3.8, 4) is 6.07 Å². The van der Waals surface area contributed by atoms with Crippen LogP contribution in [-0.2, 0) is 4.74 Å². The van der Waals surface area contributed by atoms with Crippen LogP contribution in [0.2, 0.25) is 5.02 Å². The number of nitrogen functional groups attached to an aromatic ring is 1. The van der Waals surface area contributed by atoms with Crippen molar-refractivity contribution in [1.82, 2.24) is 4.90 Å². The van der Waals surface area contributed by atoms with Crippen molar-refractivity contribution in [2.75, 3.05) is 23.7 Å². The van der Waals surface area contributed by atoms with Crippen LogP contribution in [0.15, 0.2) is 12.1 Å². The molecular weight excluding hydrogens is 340 g/mol. The first-order valence-corrected chi connectivity index (χ1v) is 8.83. The molecule has 0 saturated carbocycles. The molecule has 0 aromatic heterocycles. The third kappa shape index (κ3) is 3.47. The van der Waals surface area contributed by atoms with Crippen molar-refractivity contribution in [2.45, 2.75) is 51.3 Å². The zero-order valence-electron chi connectivity index (χ0n) is 14.8. The van der Waals surface area contributed by atoms with Crippen LogP contribution in [0.25, 0.3) is 0 Å². The molecule has 2 fully saturated rings. The number of anilines is 2. The summed E-state index contributed by atoms with van der Waals surface area (Å²) in [5.74, 6) is 0. The number of fused-ring (bicyclic) bond motifs is 2. The molecule has 2 bridgehead atoms. The Hall–Kier alpha value is -2.13. The third-order valence-corrected chi connectivity index (χ3v) is 5.05. The van der Waals surface area contributed by atoms with Crippen LogP contribution in [0.1, 0.15) is 39.2 Å². The summed E-state index contributed by atoms with van der Waals surface area (Å²) in [4.78, 5) is 16.5. The van der Waals surface area contributed by atoms with Crippen LogP contribution in [0.5, 0.6) is 0 Å². The Kier molecular flexibility index (Phi) is 4.46. The number of benzene rings is 1. The van der Waals surface area contributed by atoms with Gasteiger partial charge >= 0.3 is 6.09 Å². The number of nitriles is 1. The summed E-state index contributed by atoms with van der Waals surface area (Å²) >= 11 is 6.38. The molecule has 2 saturated heterocycles. The van der Waals surface area contributed by atoms with Gasteiger partial charge in [0, 0.05) is 13.1 Å². The van der Waals surface area contributed by atoms with Crippen LogP contribution in [0.3, 0.4) is 0 Å². The SMILES string of the molecule is CC(C)(C)OC(=O)N1C2CCC1CN(c1cc(C#N)cc(N)c1Cl)C2. The molecule has 25 heavy (non-hydrogen) atoms. The molecule has 0 radical (unpaired) electrons. The van der Waals surface area contributed by atoms with E-state index in [0.717, 1.165) is 18.5 Å². The van der Waals surface area contributed by atoms with E-state index in [4.69, 9.17) is 22.1 Å². The summed E-state index contributed by atoms with van der Waals surface area (Å²) in [7, 11) is 0. The Bertz CT molecular complexity index is 724. The van der Waals surface area contributed by atoms with Gasteiger partial charge in [-0.3, -0.25) is 4.90 Å². The molecular formula is C18H23ClN4O2. The van der Waals surface area contributed by atoms with Gasteiger partial charge in [-0.1, -0.05) is 11.6 Å². The van der Waals surface area contributed by atoms with Crippen LogP contribution in [0, 0.1) is 11.3 Å². The van der Waals surface area contributed by atoms with Crippen molar-refractivity contribution in [3.63, 3.8) is 0 Å². The number of ether oxygens (including phenoxy) is 1. The van der Waals surface area contributed by atoms with Crippen molar-refractivity contribution in [1.29, 1.82) is 5.26 Å². The lowest BCUT2D eigenvalue weighted by molar-refractivity contribution is 0.0123. The monoisotopic (exact) mass is 362 g/mol. The predicted molar refractivity (Wildman–Crippen MR) is 97.7 cm³/mol. The molecule has 2 aliphatic rings. The van der Waals surface area contributed by atoms with Gasteiger partial charge < -0.3 is 15.4 Å². The predicted octanol–water partition coefficient (Wildman–Crippen LogP) is 3.38. The molecule has 2 heterocycles. The second-order valence-electron chi connectivity index (χ2n) is 7.69. The van der Waals surface area contributed by atoms with Gasteiger partial charge in [-0.2, -0.15) is 5.26 Å². The molecule has 134 valence electrons. The number of rotatable bonds is 1. The molecule has 2 unspecified atom stereocenters. The van der Waals surface area contributed by atoms with Crippen molar-refractivity contribution < 1.29 is 9.53 Å². The summed E-state index contributed by atoms with van der Waals surface area (Å²) in [6, 6.07) is 5.62. The minimum Gasteiger partial charge on any atom is -0.444 e. The molecule has 2 N–H and O–H groups in total. The lowest BCUT2D eigenvalue weighted by Gasteiger charge is -2.42. The maximum Gasteiger partial charge on any atom is 0.410 e. The molecule has 1 aromatic rings. The normalized spacial score (nSPS) is 22.7. The third-order valence-electron chi connectivity index (χ3n) is 4.64. The van der Waals surface area contributed by atoms with Crippen molar-refractivity contribution >= 4 is 29.1 Å². The highest BCUT2D eigenvalue weighted by Gasteiger charge is 2.44. The molecule has 0 spiro atoms. The molecule has 1 amide bonds. The van der Waals surface area contributed by atoms with Gasteiger partial charge in [0.05, 0.1) is 40.1 Å². The van der Waals surface area contributed by atoms with E-state index in [-0.39, 0.29) is 18.2 Å². The van der Waals surface area contributed by atoms with E-state index in [0.29, 0.717) is 29.4 Å². The molecule has 1 aromatic carbocycles. The fourth-order valence-electron chi connectivity index (χ4n) is 3.64. The van der Waals surface area contributed by atoms with Gasteiger partial charge in [-0.05, 0) is 45.7 Å². The standard InChI is InChI=1S/C18H23ClN4O2/c1-18(2,3)25-17(24)23-12-4-5-13(23)10-22(9-12)15-7-11(8-20)6-14(21)16(15)19/h6-7,12-13H,4-5,9-10,21H2,1-3H3. The van der Waals surface area contributed by atoms with E-state index in [1.165, 1.54) is 0 Å². The number of nitrogens with two attached hydrogens (primary N) is 1. The topological polar surface area (TPSA) is 82.6 Å². The second-order valence-corrected chi connectivity index (χ2v) is 8.07. The van der Waals surface area contributed by atoms with E-state index in [9.17, 15) is 10.1 Å². The van der Waals surface area contributed by atoms with E-state index in [1.807, 2.05) is 25.7 Å².